The van der Waals surface area contributed by atoms with Crippen molar-refractivity contribution in [2.45, 2.75) is 57.5 Å². The van der Waals surface area contributed by atoms with Crippen molar-refractivity contribution in [1.82, 2.24) is 4.90 Å². The molecule has 0 radical (unpaired) electrons. The molecule has 1 saturated heterocycles. The summed E-state index contributed by atoms with van der Waals surface area (Å²) in [6.45, 7) is 12.0. The van der Waals surface area contributed by atoms with E-state index in [9.17, 15) is 4.79 Å². The third-order valence-corrected chi connectivity index (χ3v) is 8.79. The summed E-state index contributed by atoms with van der Waals surface area (Å²) in [6.07, 6.45) is 0.898. The molecule has 0 spiro atoms. The largest absolute Gasteiger partial charge is 0.468 e. The highest BCUT2D eigenvalue weighted by Gasteiger charge is 2.43. The van der Waals surface area contributed by atoms with Gasteiger partial charge < -0.3 is 9.16 Å². The number of carbonyl (C=O) groups excluding carboxylic acids is 1. The first-order valence-electron chi connectivity index (χ1n) is 6.54. The smallest absolute Gasteiger partial charge is 0.323 e. The summed E-state index contributed by atoms with van der Waals surface area (Å²) in [4.78, 5) is 13.7. The first-order chi connectivity index (χ1) is 8.08. The lowest BCUT2D eigenvalue weighted by Crippen LogP contribution is -2.44. The topological polar surface area (TPSA) is 38.8 Å². The van der Waals surface area contributed by atoms with Gasteiger partial charge >= 0.3 is 5.97 Å². The SMILES string of the molecule is COC(=O)[C@@H]1CC(O[Si](C)(C)C(C)(C)C)CN1C. The van der Waals surface area contributed by atoms with Crippen molar-refractivity contribution in [3.8, 4) is 0 Å². The van der Waals surface area contributed by atoms with Crippen LogP contribution in [0.3, 0.4) is 0 Å². The Balaban J connectivity index is 2.65. The Morgan fingerprint density at radius 3 is 2.33 bits per heavy atom. The molecule has 18 heavy (non-hydrogen) atoms. The molecule has 0 N–H and O–H groups in total. The van der Waals surface area contributed by atoms with E-state index in [4.69, 9.17) is 9.16 Å². The zero-order valence-electron chi connectivity index (χ0n) is 12.7. The molecule has 0 saturated carbocycles. The van der Waals surface area contributed by atoms with E-state index in [1.54, 1.807) is 0 Å². The predicted molar refractivity (Wildman–Crippen MR) is 75.1 cm³/mol. The maximum atomic E-state index is 11.6. The Kier molecular flexibility index (Phi) is 4.62. The maximum absolute atomic E-state index is 11.6. The van der Waals surface area contributed by atoms with Crippen LogP contribution in [-0.2, 0) is 14.0 Å². The van der Waals surface area contributed by atoms with E-state index < -0.39 is 8.32 Å². The lowest BCUT2D eigenvalue weighted by Gasteiger charge is -2.38. The summed E-state index contributed by atoms with van der Waals surface area (Å²) in [5.74, 6) is -0.154. The van der Waals surface area contributed by atoms with Crippen LogP contribution in [0.2, 0.25) is 18.1 Å². The average Bonchev–Trinajstić information content (AvgIpc) is 2.55. The number of likely N-dealkylation sites (tertiary alicyclic amines) is 1. The first kappa shape index (κ1) is 15.7. The van der Waals surface area contributed by atoms with Gasteiger partial charge in [0, 0.05) is 6.54 Å². The number of nitrogens with zero attached hydrogens (tertiary/aromatic N) is 1. The molecular weight excluding hydrogens is 246 g/mol. The van der Waals surface area contributed by atoms with E-state index in [1.165, 1.54) is 7.11 Å². The molecule has 106 valence electrons. The highest BCUT2D eigenvalue weighted by Crippen LogP contribution is 2.38. The molecule has 0 aliphatic carbocycles. The second-order valence-corrected chi connectivity index (χ2v) is 11.5. The van der Waals surface area contributed by atoms with Crippen molar-refractivity contribution >= 4 is 14.3 Å². The third kappa shape index (κ3) is 3.33. The second-order valence-electron chi connectivity index (χ2n) is 6.71. The zero-order chi connectivity index (χ0) is 14.1. The Morgan fingerprint density at radius 2 is 1.89 bits per heavy atom. The fourth-order valence-corrected chi connectivity index (χ4v) is 3.40. The first-order valence-corrected chi connectivity index (χ1v) is 9.45. The van der Waals surface area contributed by atoms with E-state index in [-0.39, 0.29) is 23.2 Å². The molecule has 0 amide bonds. The number of methoxy groups -OCH3 is 1. The van der Waals surface area contributed by atoms with Gasteiger partial charge in [-0.3, -0.25) is 9.69 Å². The van der Waals surface area contributed by atoms with Crippen LogP contribution >= 0.6 is 0 Å². The Labute approximate surface area is 112 Å². The molecule has 0 aromatic carbocycles. The molecule has 1 heterocycles. The van der Waals surface area contributed by atoms with Gasteiger partial charge in [0.05, 0.1) is 13.2 Å². The van der Waals surface area contributed by atoms with Crippen molar-refractivity contribution in [2.24, 2.45) is 0 Å². The number of carbonyl (C=O) groups is 1. The second kappa shape index (κ2) is 5.31. The minimum atomic E-state index is -1.75. The van der Waals surface area contributed by atoms with Crippen molar-refractivity contribution in [3.63, 3.8) is 0 Å². The summed E-state index contributed by atoms with van der Waals surface area (Å²) < 4.78 is 11.2. The van der Waals surface area contributed by atoms with Gasteiger partial charge in [0.25, 0.3) is 0 Å². The van der Waals surface area contributed by atoms with Crippen molar-refractivity contribution in [1.29, 1.82) is 0 Å². The van der Waals surface area contributed by atoms with E-state index in [0.717, 1.165) is 13.0 Å². The molecule has 1 aliphatic heterocycles. The zero-order valence-corrected chi connectivity index (χ0v) is 13.7. The maximum Gasteiger partial charge on any atom is 0.323 e. The summed E-state index contributed by atoms with van der Waals surface area (Å²) >= 11 is 0. The Hall–Kier alpha value is -0.393. The van der Waals surface area contributed by atoms with E-state index in [1.807, 2.05) is 11.9 Å². The molecule has 5 heteroatoms. The Bertz CT molecular complexity index is 312. The minimum absolute atomic E-state index is 0.148. The van der Waals surface area contributed by atoms with Gasteiger partial charge in [-0.2, -0.15) is 0 Å². The standard InChI is InChI=1S/C13H27NO3Si/c1-13(2,3)18(6,7)17-10-8-11(12(15)16-5)14(4)9-10/h10-11H,8-9H2,1-7H3/t10?,11-/m0/s1. The van der Waals surface area contributed by atoms with Crippen LogP contribution in [0, 0.1) is 0 Å². The lowest BCUT2D eigenvalue weighted by atomic mass is 10.2. The van der Waals surface area contributed by atoms with E-state index in [2.05, 4.69) is 33.9 Å². The third-order valence-electron chi connectivity index (χ3n) is 4.25. The molecule has 1 aliphatic rings. The number of rotatable bonds is 3. The number of ether oxygens (including phenoxy) is 1. The molecule has 0 bridgehead atoms. The van der Waals surface area contributed by atoms with Crippen molar-refractivity contribution in [3.05, 3.63) is 0 Å². The summed E-state index contributed by atoms with van der Waals surface area (Å²) in [7, 11) is 1.64. The highest BCUT2D eigenvalue weighted by molar-refractivity contribution is 6.74. The van der Waals surface area contributed by atoms with Gasteiger partial charge in [-0.25, -0.2) is 0 Å². The van der Waals surface area contributed by atoms with Gasteiger partial charge in [-0.05, 0) is 31.6 Å². The average molecular weight is 273 g/mol. The molecule has 0 aromatic heterocycles. The number of esters is 1. The van der Waals surface area contributed by atoms with Gasteiger partial charge in [-0.15, -0.1) is 0 Å². The van der Waals surface area contributed by atoms with Crippen LogP contribution in [0.1, 0.15) is 27.2 Å². The van der Waals surface area contributed by atoms with Crippen LogP contribution in [0.4, 0.5) is 0 Å². The quantitative estimate of drug-likeness (QED) is 0.584. The van der Waals surface area contributed by atoms with Crippen LogP contribution in [0.5, 0.6) is 0 Å². The molecule has 0 aromatic rings. The summed E-state index contributed by atoms with van der Waals surface area (Å²) in [6, 6.07) is -0.148. The monoisotopic (exact) mass is 273 g/mol. The Morgan fingerprint density at radius 1 is 1.33 bits per heavy atom. The summed E-state index contributed by atoms with van der Waals surface area (Å²) in [5.41, 5.74) is 0. The molecular formula is C13H27NO3Si. The number of likely N-dealkylation sites (N-methyl/N-ethyl adjacent to an activating group) is 1. The predicted octanol–water partition coefficient (Wildman–Crippen LogP) is 2.25. The van der Waals surface area contributed by atoms with Crippen LogP contribution in [0.25, 0.3) is 0 Å². The van der Waals surface area contributed by atoms with Crippen molar-refractivity contribution < 1.29 is 14.0 Å². The van der Waals surface area contributed by atoms with E-state index >= 15 is 0 Å². The fourth-order valence-electron chi connectivity index (χ4n) is 2.04. The molecule has 4 nitrogen and oxygen atoms in total. The van der Waals surface area contributed by atoms with Gasteiger partial charge in [0.1, 0.15) is 6.04 Å². The number of hydrogen-bond donors (Lipinski definition) is 0. The lowest BCUT2D eigenvalue weighted by molar-refractivity contribution is -0.145. The molecule has 2 atom stereocenters. The van der Waals surface area contributed by atoms with Crippen LogP contribution in [0.15, 0.2) is 0 Å². The normalized spacial score (nSPS) is 26.4. The summed E-state index contributed by atoms with van der Waals surface area (Å²) in [5, 5.41) is 0.203. The molecule has 1 unspecified atom stereocenters. The van der Waals surface area contributed by atoms with Gasteiger partial charge in [0.2, 0.25) is 0 Å². The minimum Gasteiger partial charge on any atom is -0.468 e. The van der Waals surface area contributed by atoms with Gasteiger partial charge in [0.15, 0.2) is 8.32 Å². The van der Waals surface area contributed by atoms with E-state index in [0.29, 0.717) is 0 Å². The van der Waals surface area contributed by atoms with Crippen molar-refractivity contribution in [2.75, 3.05) is 20.7 Å². The van der Waals surface area contributed by atoms with Gasteiger partial charge in [-0.1, -0.05) is 20.8 Å². The number of hydrogen-bond acceptors (Lipinski definition) is 4. The van der Waals surface area contributed by atoms with Crippen LogP contribution < -0.4 is 0 Å². The van der Waals surface area contributed by atoms with Crippen LogP contribution in [-0.4, -0.2) is 52.0 Å². The highest BCUT2D eigenvalue weighted by atomic mass is 28.4. The molecule has 1 rings (SSSR count). The molecule has 1 fully saturated rings. The fraction of sp³-hybridized carbons (Fsp3) is 0.923.